The van der Waals surface area contributed by atoms with E-state index in [2.05, 4.69) is 10.6 Å². The molecule has 1 saturated heterocycles. The first-order chi connectivity index (χ1) is 23.6. The normalized spacial score (nSPS) is 23.7. The molecule has 0 bridgehead atoms. The lowest BCUT2D eigenvalue weighted by Crippen LogP contribution is -2.81. The van der Waals surface area contributed by atoms with Gasteiger partial charge in [0.05, 0.1) is 12.8 Å². The summed E-state index contributed by atoms with van der Waals surface area (Å²) in [5, 5.41) is 7.32. The minimum Gasteiger partial charge on any atom is -0.456 e. The molecule has 19 heteroatoms. The molecule has 15 nitrogen and oxygen atoms in total. The van der Waals surface area contributed by atoms with Gasteiger partial charge in [-0.05, 0) is 22.9 Å². The molecule has 5 amide bonds. The van der Waals surface area contributed by atoms with E-state index in [1.54, 1.807) is 12.1 Å². The van der Waals surface area contributed by atoms with Gasteiger partial charge in [0.15, 0.2) is 6.23 Å². The standard InChI is InChI=1S/C30H31N5O10S4/c1-42-23(32-19(36)9-17-5-3-7-46-17)25-34(22-16(13-48-25)11-44-26(22)39)24(38)21-15(12-45-29(31)41)14-49-28-30(43-2,27(40)35(21)28)33-20(37)10-18-6-4-8-47-18/h3-8,23,25,28H,9-14H2,1-2H3,(H2,31,41)(H,32,36)(H,33,37). The lowest BCUT2D eigenvalue weighted by molar-refractivity contribution is -0.192. The second-order valence-corrected chi connectivity index (χ2v) is 15.3. The number of fused-ring (bicyclic) bond motifs is 1. The van der Waals surface area contributed by atoms with Gasteiger partial charge in [-0.1, -0.05) is 12.1 Å². The van der Waals surface area contributed by atoms with Crippen LogP contribution >= 0.6 is 46.2 Å². The molecular weight excluding hydrogens is 719 g/mol. The van der Waals surface area contributed by atoms with Crippen molar-refractivity contribution in [2.45, 2.75) is 35.5 Å². The third-order valence-corrected chi connectivity index (χ3v) is 12.5. The number of rotatable bonds is 12. The number of nitrogens with one attached hydrogen (secondary N) is 2. The van der Waals surface area contributed by atoms with E-state index in [4.69, 9.17) is 24.7 Å². The van der Waals surface area contributed by atoms with Crippen molar-refractivity contribution in [1.29, 1.82) is 0 Å². The number of carbonyl (C=O) groups is 6. The Kier molecular flexibility index (Phi) is 10.4. The van der Waals surface area contributed by atoms with Gasteiger partial charge in [0.2, 0.25) is 11.8 Å². The van der Waals surface area contributed by atoms with Gasteiger partial charge in [0.1, 0.15) is 35.4 Å². The van der Waals surface area contributed by atoms with Crippen LogP contribution in [0.15, 0.2) is 57.6 Å². The molecule has 2 aromatic heterocycles. The number of ether oxygens (including phenoxy) is 4. The van der Waals surface area contributed by atoms with Crippen molar-refractivity contribution in [3.63, 3.8) is 0 Å². The molecular formula is C30H31N5O10S4. The van der Waals surface area contributed by atoms with Crippen molar-refractivity contribution in [3.05, 3.63) is 67.3 Å². The molecule has 6 heterocycles. The number of nitrogens with two attached hydrogens (primary N) is 1. The number of thioether (sulfide) groups is 2. The highest BCUT2D eigenvalue weighted by Gasteiger charge is 2.67. The van der Waals surface area contributed by atoms with Crippen molar-refractivity contribution >= 4 is 81.9 Å². The number of hydrogen-bond donors (Lipinski definition) is 3. The third kappa shape index (κ3) is 6.70. The Morgan fingerprint density at radius 3 is 2.35 bits per heavy atom. The van der Waals surface area contributed by atoms with Gasteiger partial charge >= 0.3 is 12.1 Å². The summed E-state index contributed by atoms with van der Waals surface area (Å²) in [6.07, 6.45) is -2.12. The minimum absolute atomic E-state index is 0.00903. The molecule has 0 radical (unpaired) electrons. The van der Waals surface area contributed by atoms with Crippen LogP contribution in [0.3, 0.4) is 0 Å². The topological polar surface area (TPSA) is 196 Å². The fourth-order valence-electron chi connectivity index (χ4n) is 5.82. The molecule has 0 spiro atoms. The van der Waals surface area contributed by atoms with Crippen LogP contribution in [0, 0.1) is 0 Å². The lowest BCUT2D eigenvalue weighted by Gasteiger charge is -2.56. The molecule has 1 fully saturated rings. The number of cyclic esters (lactones) is 1. The quantitative estimate of drug-likeness (QED) is 0.159. The van der Waals surface area contributed by atoms with Crippen LogP contribution in [0.4, 0.5) is 4.79 Å². The number of nitrogens with zero attached hydrogens (tertiary/aromatic N) is 2. The van der Waals surface area contributed by atoms with Crippen LogP contribution in [0.5, 0.6) is 0 Å². The van der Waals surface area contributed by atoms with E-state index in [9.17, 15) is 28.8 Å². The van der Waals surface area contributed by atoms with Gasteiger partial charge in [0.25, 0.3) is 17.5 Å². The van der Waals surface area contributed by atoms with E-state index >= 15 is 0 Å². The second kappa shape index (κ2) is 14.5. The molecule has 0 aliphatic carbocycles. The average molecular weight is 750 g/mol. The molecule has 4 N–H and O–H groups in total. The fraction of sp³-hybridized carbons (Fsp3) is 0.400. The highest BCUT2D eigenvalue weighted by molar-refractivity contribution is 8.00. The molecule has 4 unspecified atom stereocenters. The maximum Gasteiger partial charge on any atom is 0.404 e. The van der Waals surface area contributed by atoms with E-state index in [1.807, 2.05) is 22.9 Å². The van der Waals surface area contributed by atoms with Gasteiger partial charge in [0, 0.05) is 46.6 Å². The van der Waals surface area contributed by atoms with Crippen LogP contribution in [0.2, 0.25) is 0 Å². The SMILES string of the molecule is COC(NC(=O)Cc1cccs1)C1SCC2=C(C(=O)OC2)N1C(=O)C1=C(COC(N)=O)CSC2N1C(=O)C2(NC(=O)Cc1cccs1)OC. The molecule has 0 aromatic carbocycles. The monoisotopic (exact) mass is 749 g/mol. The molecule has 4 aliphatic rings. The smallest absolute Gasteiger partial charge is 0.404 e. The van der Waals surface area contributed by atoms with Crippen molar-refractivity contribution < 1.29 is 47.7 Å². The minimum atomic E-state index is -1.81. The van der Waals surface area contributed by atoms with Crippen molar-refractivity contribution in [2.75, 3.05) is 38.9 Å². The number of β-lactam (4-membered cyclic amide) rings is 1. The first kappa shape index (κ1) is 35.0. The van der Waals surface area contributed by atoms with Crippen molar-refractivity contribution in [2.24, 2.45) is 5.73 Å². The van der Waals surface area contributed by atoms with Crippen LogP contribution in [0.25, 0.3) is 0 Å². The fourth-order valence-corrected chi connectivity index (χ4v) is 9.94. The summed E-state index contributed by atoms with van der Waals surface area (Å²) in [6, 6.07) is 7.24. The Hall–Kier alpha value is -3.88. The lowest BCUT2D eigenvalue weighted by atomic mass is 9.97. The van der Waals surface area contributed by atoms with Crippen LogP contribution in [-0.4, -0.2) is 107 Å². The maximum absolute atomic E-state index is 14.9. The first-order valence-electron chi connectivity index (χ1n) is 14.7. The van der Waals surface area contributed by atoms with E-state index < -0.39 is 59.1 Å². The Morgan fingerprint density at radius 2 is 1.73 bits per heavy atom. The number of hydrogen-bond acceptors (Lipinski definition) is 14. The van der Waals surface area contributed by atoms with Crippen LogP contribution in [0.1, 0.15) is 9.75 Å². The maximum atomic E-state index is 14.9. The summed E-state index contributed by atoms with van der Waals surface area (Å²) in [7, 11) is 2.64. The van der Waals surface area contributed by atoms with Crippen LogP contribution in [-0.2, 0) is 55.8 Å². The molecule has 0 saturated carbocycles. The Bertz CT molecular complexity index is 1730. The Balaban J connectivity index is 1.34. The number of esters is 1. The van der Waals surface area contributed by atoms with Gasteiger partial charge in [-0.2, -0.15) is 0 Å². The summed E-state index contributed by atoms with van der Waals surface area (Å²) < 4.78 is 21.7. The molecule has 4 atom stereocenters. The van der Waals surface area contributed by atoms with E-state index in [0.717, 1.165) is 9.75 Å². The Labute approximate surface area is 296 Å². The summed E-state index contributed by atoms with van der Waals surface area (Å²) in [4.78, 5) is 83.8. The predicted molar refractivity (Wildman–Crippen MR) is 180 cm³/mol. The largest absolute Gasteiger partial charge is 0.456 e. The Morgan fingerprint density at radius 1 is 1.04 bits per heavy atom. The predicted octanol–water partition coefficient (Wildman–Crippen LogP) is 1.12. The highest BCUT2D eigenvalue weighted by Crippen LogP contribution is 2.48. The molecule has 4 aliphatic heterocycles. The highest BCUT2D eigenvalue weighted by atomic mass is 32.2. The second-order valence-electron chi connectivity index (χ2n) is 11.0. The van der Waals surface area contributed by atoms with E-state index in [0.29, 0.717) is 11.3 Å². The summed E-state index contributed by atoms with van der Waals surface area (Å²) in [5.74, 6) is -2.78. The van der Waals surface area contributed by atoms with Crippen molar-refractivity contribution in [1.82, 2.24) is 20.4 Å². The zero-order chi connectivity index (χ0) is 34.9. The number of primary amides is 1. The number of carbonyl (C=O) groups excluding carboxylic acids is 6. The summed E-state index contributed by atoms with van der Waals surface area (Å²) in [5.41, 5.74) is 4.00. The van der Waals surface area contributed by atoms with Gasteiger partial charge in [-0.15, -0.1) is 46.2 Å². The number of methoxy groups -OCH3 is 2. The summed E-state index contributed by atoms with van der Waals surface area (Å²) >= 11 is 5.22. The van der Waals surface area contributed by atoms with E-state index in [1.165, 1.54) is 70.2 Å². The van der Waals surface area contributed by atoms with Crippen LogP contribution < -0.4 is 16.4 Å². The zero-order valence-electron chi connectivity index (χ0n) is 26.1. The van der Waals surface area contributed by atoms with E-state index in [-0.39, 0.29) is 48.1 Å². The van der Waals surface area contributed by atoms with Gasteiger partial charge < -0.3 is 35.3 Å². The molecule has 2 aromatic rings. The third-order valence-electron chi connectivity index (χ3n) is 8.04. The van der Waals surface area contributed by atoms with Gasteiger partial charge in [-0.3, -0.25) is 29.0 Å². The van der Waals surface area contributed by atoms with Crippen molar-refractivity contribution in [3.8, 4) is 0 Å². The van der Waals surface area contributed by atoms with Gasteiger partial charge in [-0.25, -0.2) is 9.59 Å². The average Bonchev–Trinajstić information content (AvgIpc) is 3.87. The summed E-state index contributed by atoms with van der Waals surface area (Å²) in [6.45, 7) is -0.473. The first-order valence-corrected chi connectivity index (χ1v) is 18.6. The molecule has 6 rings (SSSR count). The molecule has 260 valence electrons. The number of thiophene rings is 2. The zero-order valence-corrected chi connectivity index (χ0v) is 29.4. The number of amides is 5. The molecule has 49 heavy (non-hydrogen) atoms.